The number of nitrogens with zero attached hydrogens (tertiary/aromatic N) is 1. The van der Waals surface area contributed by atoms with Crippen LogP contribution in [0.15, 0.2) is 18.2 Å². The maximum atomic E-state index is 10.1. The molecule has 1 aliphatic rings. The number of benzene rings is 1. The minimum absolute atomic E-state index is 0.357. The summed E-state index contributed by atoms with van der Waals surface area (Å²) in [6.07, 6.45) is 2.22. The smallest absolute Gasteiger partial charge is 0.0917 e. The minimum Gasteiger partial charge on any atom is -0.387 e. The lowest BCUT2D eigenvalue weighted by Crippen LogP contribution is -2.26. The number of rotatable bonds is 4. The van der Waals surface area contributed by atoms with Crippen molar-refractivity contribution >= 4 is 0 Å². The molecule has 1 fully saturated rings. The molecular weight excluding hydrogens is 198 g/mol. The van der Waals surface area contributed by atoms with Crippen LogP contribution in [0.5, 0.6) is 0 Å². The first kappa shape index (κ1) is 11.6. The topological polar surface area (TPSA) is 23.5 Å². The summed E-state index contributed by atoms with van der Waals surface area (Å²) in [4.78, 5) is 2.26. The molecule has 1 aromatic rings. The Morgan fingerprint density at radius 2 is 2.00 bits per heavy atom. The van der Waals surface area contributed by atoms with E-state index in [2.05, 4.69) is 37.9 Å². The standard InChI is InChI=1S/C14H21NO/c1-10-4-5-12(8-11(10)2)14(16)9-15(3)13-6-7-13/h4-5,8,13-14,16H,6-7,9H2,1-3H3. The lowest BCUT2D eigenvalue weighted by molar-refractivity contribution is 0.123. The molecule has 0 radical (unpaired) electrons. The van der Waals surface area contributed by atoms with Gasteiger partial charge in [-0.3, -0.25) is 0 Å². The number of aliphatic hydroxyl groups excluding tert-OH is 1. The van der Waals surface area contributed by atoms with E-state index in [0.717, 1.165) is 12.1 Å². The van der Waals surface area contributed by atoms with Crippen LogP contribution in [0.4, 0.5) is 0 Å². The molecule has 1 N–H and O–H groups in total. The van der Waals surface area contributed by atoms with Gasteiger partial charge in [-0.2, -0.15) is 0 Å². The van der Waals surface area contributed by atoms with Crippen molar-refractivity contribution in [1.29, 1.82) is 0 Å². The molecule has 0 heterocycles. The van der Waals surface area contributed by atoms with E-state index < -0.39 is 0 Å². The number of aliphatic hydroxyl groups is 1. The molecule has 1 unspecified atom stereocenters. The Morgan fingerprint density at radius 3 is 2.56 bits per heavy atom. The predicted molar refractivity (Wildman–Crippen MR) is 66.5 cm³/mol. The molecule has 0 bridgehead atoms. The molecule has 2 heteroatoms. The Hall–Kier alpha value is -0.860. The lowest BCUT2D eigenvalue weighted by Gasteiger charge is -2.20. The average molecular weight is 219 g/mol. The highest BCUT2D eigenvalue weighted by Crippen LogP contribution is 2.27. The van der Waals surface area contributed by atoms with Crippen LogP contribution in [0.3, 0.4) is 0 Å². The molecule has 1 aliphatic carbocycles. The van der Waals surface area contributed by atoms with Crippen molar-refractivity contribution in [3.8, 4) is 0 Å². The molecule has 0 aromatic heterocycles. The van der Waals surface area contributed by atoms with Gasteiger partial charge in [0, 0.05) is 12.6 Å². The van der Waals surface area contributed by atoms with Gasteiger partial charge in [-0.05, 0) is 50.4 Å². The van der Waals surface area contributed by atoms with Gasteiger partial charge in [0.05, 0.1) is 6.10 Å². The van der Waals surface area contributed by atoms with E-state index in [1.165, 1.54) is 24.0 Å². The molecule has 1 saturated carbocycles. The molecule has 0 spiro atoms. The summed E-state index contributed by atoms with van der Waals surface area (Å²) in [5.74, 6) is 0. The van der Waals surface area contributed by atoms with Crippen LogP contribution < -0.4 is 0 Å². The van der Waals surface area contributed by atoms with E-state index >= 15 is 0 Å². The number of hydrogen-bond acceptors (Lipinski definition) is 2. The summed E-state index contributed by atoms with van der Waals surface area (Å²) in [6, 6.07) is 6.93. The monoisotopic (exact) mass is 219 g/mol. The minimum atomic E-state index is -0.357. The highest BCUT2D eigenvalue weighted by Gasteiger charge is 2.27. The summed E-state index contributed by atoms with van der Waals surface area (Å²) in [7, 11) is 2.10. The van der Waals surface area contributed by atoms with Crippen molar-refractivity contribution in [3.63, 3.8) is 0 Å². The SMILES string of the molecule is Cc1ccc(C(O)CN(C)C2CC2)cc1C. The maximum absolute atomic E-state index is 10.1. The number of likely N-dealkylation sites (N-methyl/N-ethyl adjacent to an activating group) is 1. The molecule has 1 atom stereocenters. The van der Waals surface area contributed by atoms with Crippen molar-refractivity contribution in [2.45, 2.75) is 38.8 Å². The van der Waals surface area contributed by atoms with E-state index in [1.54, 1.807) is 0 Å². The fourth-order valence-corrected chi connectivity index (χ4v) is 2.01. The zero-order chi connectivity index (χ0) is 11.7. The van der Waals surface area contributed by atoms with Gasteiger partial charge in [-0.15, -0.1) is 0 Å². The first-order chi connectivity index (χ1) is 7.58. The summed E-state index contributed by atoms with van der Waals surface area (Å²) in [6.45, 7) is 4.94. The van der Waals surface area contributed by atoms with Crippen molar-refractivity contribution < 1.29 is 5.11 Å². The van der Waals surface area contributed by atoms with Crippen LogP contribution >= 0.6 is 0 Å². The third-order valence-corrected chi connectivity index (χ3v) is 3.55. The zero-order valence-corrected chi connectivity index (χ0v) is 10.4. The molecular formula is C14H21NO. The normalized spacial score (nSPS) is 17.8. The molecule has 16 heavy (non-hydrogen) atoms. The maximum Gasteiger partial charge on any atom is 0.0917 e. The summed E-state index contributed by atoms with van der Waals surface area (Å²) in [5, 5.41) is 10.1. The Bertz CT molecular complexity index is 371. The van der Waals surface area contributed by atoms with Crippen molar-refractivity contribution in [2.75, 3.05) is 13.6 Å². The second-order valence-corrected chi connectivity index (χ2v) is 5.03. The summed E-state index contributed by atoms with van der Waals surface area (Å²) >= 11 is 0. The lowest BCUT2D eigenvalue weighted by atomic mass is 10.0. The van der Waals surface area contributed by atoms with Gasteiger partial charge in [0.25, 0.3) is 0 Å². The number of hydrogen-bond donors (Lipinski definition) is 1. The molecule has 0 aliphatic heterocycles. The number of aryl methyl sites for hydroxylation is 2. The van der Waals surface area contributed by atoms with Crippen LogP contribution in [0, 0.1) is 13.8 Å². The molecule has 0 saturated heterocycles. The summed E-state index contributed by atoms with van der Waals surface area (Å²) < 4.78 is 0. The highest BCUT2D eigenvalue weighted by atomic mass is 16.3. The highest BCUT2D eigenvalue weighted by molar-refractivity contribution is 5.31. The average Bonchev–Trinajstić information content (AvgIpc) is 3.05. The molecule has 88 valence electrons. The fourth-order valence-electron chi connectivity index (χ4n) is 2.01. The van der Waals surface area contributed by atoms with Gasteiger partial charge in [0.2, 0.25) is 0 Å². The summed E-state index contributed by atoms with van der Waals surface area (Å²) in [5.41, 5.74) is 3.58. The van der Waals surface area contributed by atoms with Crippen molar-refractivity contribution in [2.24, 2.45) is 0 Å². The fraction of sp³-hybridized carbons (Fsp3) is 0.571. The zero-order valence-electron chi connectivity index (χ0n) is 10.4. The van der Waals surface area contributed by atoms with E-state index in [9.17, 15) is 5.11 Å². The van der Waals surface area contributed by atoms with Crippen LogP contribution in [-0.2, 0) is 0 Å². The second-order valence-electron chi connectivity index (χ2n) is 5.03. The first-order valence-electron chi connectivity index (χ1n) is 6.03. The Labute approximate surface area is 97.9 Å². The van der Waals surface area contributed by atoms with Gasteiger partial charge in [-0.1, -0.05) is 18.2 Å². The predicted octanol–water partition coefficient (Wildman–Crippen LogP) is 2.43. The molecule has 2 rings (SSSR count). The Morgan fingerprint density at radius 1 is 1.31 bits per heavy atom. The quantitative estimate of drug-likeness (QED) is 0.840. The van der Waals surface area contributed by atoms with E-state index in [4.69, 9.17) is 0 Å². The van der Waals surface area contributed by atoms with Gasteiger partial charge < -0.3 is 10.0 Å². The van der Waals surface area contributed by atoms with Gasteiger partial charge in [0.1, 0.15) is 0 Å². The molecule has 1 aromatic carbocycles. The third-order valence-electron chi connectivity index (χ3n) is 3.55. The van der Waals surface area contributed by atoms with Gasteiger partial charge in [-0.25, -0.2) is 0 Å². The van der Waals surface area contributed by atoms with Gasteiger partial charge in [0.15, 0.2) is 0 Å². The van der Waals surface area contributed by atoms with Crippen LogP contribution in [-0.4, -0.2) is 29.6 Å². The Balaban J connectivity index is 2.01. The molecule has 2 nitrogen and oxygen atoms in total. The van der Waals surface area contributed by atoms with Crippen LogP contribution in [0.2, 0.25) is 0 Å². The Kier molecular flexibility index (Phi) is 3.31. The second kappa shape index (κ2) is 4.56. The first-order valence-corrected chi connectivity index (χ1v) is 6.03. The van der Waals surface area contributed by atoms with Gasteiger partial charge >= 0.3 is 0 Å². The van der Waals surface area contributed by atoms with Crippen LogP contribution in [0.1, 0.15) is 35.6 Å². The van der Waals surface area contributed by atoms with E-state index in [1.807, 2.05) is 6.07 Å². The van der Waals surface area contributed by atoms with E-state index in [0.29, 0.717) is 6.04 Å². The van der Waals surface area contributed by atoms with E-state index in [-0.39, 0.29) is 6.10 Å². The molecule has 0 amide bonds. The van der Waals surface area contributed by atoms with Crippen molar-refractivity contribution in [1.82, 2.24) is 4.90 Å². The van der Waals surface area contributed by atoms with Crippen LogP contribution in [0.25, 0.3) is 0 Å². The third kappa shape index (κ3) is 2.63. The largest absolute Gasteiger partial charge is 0.387 e. The van der Waals surface area contributed by atoms with Crippen molar-refractivity contribution in [3.05, 3.63) is 34.9 Å².